The average Bonchev–Trinajstić information content (AvgIpc) is 2.33. The van der Waals surface area contributed by atoms with Crippen molar-refractivity contribution in [3.8, 4) is 0 Å². The standard InChI is InChI=1S/C14H27N3O/c1-2-3-4-5-6-14(18)17-9-7-16(8-10-17)13-11-15-12-13/h13,15H,2-12H2,1H3. The molecular weight excluding hydrogens is 226 g/mol. The molecule has 2 heterocycles. The third-order valence-electron chi connectivity index (χ3n) is 4.19. The monoisotopic (exact) mass is 253 g/mol. The van der Waals surface area contributed by atoms with E-state index in [9.17, 15) is 4.79 Å². The Labute approximate surface area is 111 Å². The third-order valence-corrected chi connectivity index (χ3v) is 4.19. The topological polar surface area (TPSA) is 35.6 Å². The first kappa shape index (κ1) is 13.8. The highest BCUT2D eigenvalue weighted by molar-refractivity contribution is 5.76. The lowest BCUT2D eigenvalue weighted by atomic mass is 10.1. The number of carbonyl (C=O) groups is 1. The van der Waals surface area contributed by atoms with E-state index in [1.807, 2.05) is 0 Å². The summed E-state index contributed by atoms with van der Waals surface area (Å²) in [6, 6.07) is 0.729. The number of amides is 1. The van der Waals surface area contributed by atoms with E-state index in [1.165, 1.54) is 19.3 Å². The van der Waals surface area contributed by atoms with Gasteiger partial charge < -0.3 is 10.2 Å². The first-order valence-electron chi connectivity index (χ1n) is 7.54. The van der Waals surface area contributed by atoms with Crippen molar-refractivity contribution in [2.45, 2.75) is 45.1 Å². The van der Waals surface area contributed by atoms with Crippen LogP contribution in [0.15, 0.2) is 0 Å². The molecule has 2 saturated heterocycles. The average molecular weight is 253 g/mol. The van der Waals surface area contributed by atoms with Crippen LogP contribution >= 0.6 is 0 Å². The van der Waals surface area contributed by atoms with E-state index in [4.69, 9.17) is 0 Å². The molecule has 2 aliphatic rings. The van der Waals surface area contributed by atoms with Crippen LogP contribution < -0.4 is 5.32 Å². The van der Waals surface area contributed by atoms with Gasteiger partial charge in [0.1, 0.15) is 0 Å². The molecule has 0 aromatic heterocycles. The normalized spacial score (nSPS) is 21.9. The van der Waals surface area contributed by atoms with Crippen molar-refractivity contribution in [3.05, 3.63) is 0 Å². The van der Waals surface area contributed by atoms with Crippen molar-refractivity contribution in [1.29, 1.82) is 0 Å². The highest BCUT2D eigenvalue weighted by Gasteiger charge is 2.28. The number of hydrogen-bond donors (Lipinski definition) is 1. The fraction of sp³-hybridized carbons (Fsp3) is 0.929. The molecule has 2 rings (SSSR count). The molecule has 2 aliphatic heterocycles. The zero-order chi connectivity index (χ0) is 12.8. The van der Waals surface area contributed by atoms with Gasteiger partial charge in [-0.3, -0.25) is 9.69 Å². The van der Waals surface area contributed by atoms with Crippen molar-refractivity contribution >= 4 is 5.91 Å². The van der Waals surface area contributed by atoms with Gasteiger partial charge in [0.05, 0.1) is 0 Å². The predicted octanol–water partition coefficient (Wildman–Crippen LogP) is 1.07. The number of piperazine rings is 1. The van der Waals surface area contributed by atoms with Crippen LogP contribution in [0.4, 0.5) is 0 Å². The zero-order valence-electron chi connectivity index (χ0n) is 11.7. The summed E-state index contributed by atoms with van der Waals surface area (Å²) in [6.45, 7) is 8.46. The van der Waals surface area contributed by atoms with Crippen LogP contribution in [0.2, 0.25) is 0 Å². The van der Waals surface area contributed by atoms with Crippen LogP contribution in [0.1, 0.15) is 39.0 Å². The first-order chi connectivity index (χ1) is 8.81. The number of carbonyl (C=O) groups excluding carboxylic acids is 1. The second kappa shape index (κ2) is 7.10. The molecule has 104 valence electrons. The minimum Gasteiger partial charge on any atom is -0.340 e. The lowest BCUT2D eigenvalue weighted by Gasteiger charge is -2.43. The van der Waals surface area contributed by atoms with E-state index < -0.39 is 0 Å². The quantitative estimate of drug-likeness (QED) is 0.719. The van der Waals surface area contributed by atoms with Crippen LogP contribution in [0.25, 0.3) is 0 Å². The smallest absolute Gasteiger partial charge is 0.222 e. The van der Waals surface area contributed by atoms with Gasteiger partial charge in [-0.2, -0.15) is 0 Å². The summed E-state index contributed by atoms with van der Waals surface area (Å²) in [4.78, 5) is 16.6. The van der Waals surface area contributed by atoms with Gasteiger partial charge in [-0.15, -0.1) is 0 Å². The molecule has 0 bridgehead atoms. The van der Waals surface area contributed by atoms with Gasteiger partial charge in [0.25, 0.3) is 0 Å². The van der Waals surface area contributed by atoms with Gasteiger partial charge in [0.15, 0.2) is 0 Å². The molecular formula is C14H27N3O. The molecule has 0 radical (unpaired) electrons. The number of rotatable bonds is 6. The Kier molecular flexibility index (Phi) is 5.45. The molecule has 2 fully saturated rings. The minimum atomic E-state index is 0.373. The lowest BCUT2D eigenvalue weighted by Crippen LogP contribution is -2.62. The molecule has 1 N–H and O–H groups in total. The summed E-state index contributed by atoms with van der Waals surface area (Å²) in [7, 11) is 0. The lowest BCUT2D eigenvalue weighted by molar-refractivity contribution is -0.133. The molecule has 0 aliphatic carbocycles. The van der Waals surface area contributed by atoms with Gasteiger partial charge in [-0.05, 0) is 6.42 Å². The molecule has 0 atom stereocenters. The predicted molar refractivity (Wildman–Crippen MR) is 73.6 cm³/mol. The maximum atomic E-state index is 12.0. The van der Waals surface area contributed by atoms with E-state index in [0.29, 0.717) is 5.91 Å². The molecule has 4 heteroatoms. The number of unbranched alkanes of at least 4 members (excludes halogenated alkanes) is 3. The fourth-order valence-electron chi connectivity index (χ4n) is 2.73. The summed E-state index contributed by atoms with van der Waals surface area (Å²) in [5.41, 5.74) is 0. The van der Waals surface area contributed by atoms with Crippen molar-refractivity contribution in [2.75, 3.05) is 39.3 Å². The second-order valence-electron chi connectivity index (χ2n) is 5.54. The Morgan fingerprint density at radius 3 is 2.39 bits per heavy atom. The summed E-state index contributed by atoms with van der Waals surface area (Å²) >= 11 is 0. The Bertz CT molecular complexity index is 258. The molecule has 0 aromatic rings. The molecule has 1 amide bonds. The molecule has 18 heavy (non-hydrogen) atoms. The highest BCUT2D eigenvalue weighted by Crippen LogP contribution is 2.12. The molecule has 0 unspecified atom stereocenters. The summed E-state index contributed by atoms with van der Waals surface area (Å²) in [5.74, 6) is 0.373. The van der Waals surface area contributed by atoms with Crippen LogP contribution in [-0.2, 0) is 4.79 Å². The Morgan fingerprint density at radius 1 is 1.11 bits per heavy atom. The second-order valence-corrected chi connectivity index (χ2v) is 5.54. The minimum absolute atomic E-state index is 0.373. The van der Waals surface area contributed by atoms with Crippen LogP contribution in [0.3, 0.4) is 0 Å². The molecule has 4 nitrogen and oxygen atoms in total. The SMILES string of the molecule is CCCCCCC(=O)N1CCN(C2CNC2)CC1. The van der Waals surface area contributed by atoms with Crippen molar-refractivity contribution in [1.82, 2.24) is 15.1 Å². The summed E-state index contributed by atoms with van der Waals surface area (Å²) in [6.07, 6.45) is 5.53. The van der Waals surface area contributed by atoms with Crippen LogP contribution in [-0.4, -0.2) is 61.0 Å². The van der Waals surface area contributed by atoms with E-state index >= 15 is 0 Å². The molecule has 0 spiro atoms. The van der Waals surface area contributed by atoms with Crippen molar-refractivity contribution < 1.29 is 4.79 Å². The largest absolute Gasteiger partial charge is 0.340 e. The first-order valence-corrected chi connectivity index (χ1v) is 7.54. The highest BCUT2D eigenvalue weighted by atomic mass is 16.2. The van der Waals surface area contributed by atoms with E-state index in [1.54, 1.807) is 0 Å². The van der Waals surface area contributed by atoms with Gasteiger partial charge in [0.2, 0.25) is 5.91 Å². The molecule has 0 aromatic carbocycles. The maximum Gasteiger partial charge on any atom is 0.222 e. The Hall–Kier alpha value is -0.610. The Balaban J connectivity index is 1.60. The van der Waals surface area contributed by atoms with Crippen LogP contribution in [0, 0.1) is 0 Å². The van der Waals surface area contributed by atoms with Gasteiger partial charge >= 0.3 is 0 Å². The number of hydrogen-bond acceptors (Lipinski definition) is 3. The third kappa shape index (κ3) is 3.69. The summed E-state index contributed by atoms with van der Waals surface area (Å²) in [5, 5.41) is 3.31. The van der Waals surface area contributed by atoms with Gasteiger partial charge in [-0.1, -0.05) is 26.2 Å². The summed E-state index contributed by atoms with van der Waals surface area (Å²) < 4.78 is 0. The van der Waals surface area contributed by atoms with Crippen LogP contribution in [0.5, 0.6) is 0 Å². The van der Waals surface area contributed by atoms with Gasteiger partial charge in [0, 0.05) is 51.7 Å². The van der Waals surface area contributed by atoms with Crippen molar-refractivity contribution in [2.24, 2.45) is 0 Å². The van der Waals surface area contributed by atoms with Crippen molar-refractivity contribution in [3.63, 3.8) is 0 Å². The fourth-order valence-corrected chi connectivity index (χ4v) is 2.73. The zero-order valence-corrected chi connectivity index (χ0v) is 11.7. The van der Waals surface area contributed by atoms with Gasteiger partial charge in [-0.25, -0.2) is 0 Å². The van der Waals surface area contributed by atoms with E-state index in [-0.39, 0.29) is 0 Å². The van der Waals surface area contributed by atoms with E-state index in [0.717, 1.165) is 58.2 Å². The maximum absolute atomic E-state index is 12.0. The Morgan fingerprint density at radius 2 is 1.83 bits per heavy atom. The number of nitrogens with zero attached hydrogens (tertiary/aromatic N) is 2. The van der Waals surface area contributed by atoms with E-state index in [2.05, 4.69) is 22.0 Å². The number of nitrogens with one attached hydrogen (secondary N) is 1. The molecule has 0 saturated carbocycles.